The van der Waals surface area contributed by atoms with Crippen LogP contribution in [-0.2, 0) is 20.8 Å². The summed E-state index contributed by atoms with van der Waals surface area (Å²) < 4.78 is 40.2. The van der Waals surface area contributed by atoms with Crippen molar-refractivity contribution in [3.8, 4) is 5.75 Å². The Bertz CT molecular complexity index is 488. The summed E-state index contributed by atoms with van der Waals surface area (Å²) in [5, 5.41) is 0.608. The Labute approximate surface area is 110 Å². The van der Waals surface area contributed by atoms with Gasteiger partial charge in [-0.1, -0.05) is 31.9 Å². The maximum absolute atomic E-state index is 13.4. The molecular weight excluding hydrogens is 367 g/mol. The van der Waals surface area contributed by atoms with Gasteiger partial charge in [-0.25, -0.2) is 4.39 Å². The molecule has 0 spiro atoms. The van der Waals surface area contributed by atoms with Gasteiger partial charge >= 0.3 is 10.1 Å². The highest BCUT2D eigenvalue weighted by atomic mass is 79.9. The summed E-state index contributed by atoms with van der Waals surface area (Å²) in [4.78, 5) is 0. The Hall–Kier alpha value is -0.140. The van der Waals surface area contributed by atoms with Gasteiger partial charge in [0.2, 0.25) is 0 Å². The molecule has 0 heterocycles. The summed E-state index contributed by atoms with van der Waals surface area (Å²) in [7, 11) is -3.61. The third kappa shape index (κ3) is 3.43. The molecule has 0 aromatic heterocycles. The minimum atomic E-state index is -3.61. The molecule has 0 bridgehead atoms. The number of benzene rings is 1. The molecule has 0 radical (unpaired) electrons. The second-order valence-corrected chi connectivity index (χ2v) is 5.75. The van der Waals surface area contributed by atoms with E-state index in [0.29, 0.717) is 21.8 Å². The van der Waals surface area contributed by atoms with Crippen molar-refractivity contribution in [3.05, 3.63) is 29.1 Å². The topological polar surface area (TPSA) is 43.4 Å². The minimum Gasteiger partial charge on any atom is -0.382 e. The minimum absolute atomic E-state index is 0.148. The molecule has 0 unspecified atom stereocenters. The van der Waals surface area contributed by atoms with Gasteiger partial charge < -0.3 is 4.18 Å². The first-order chi connectivity index (χ1) is 7.39. The predicted molar refractivity (Wildman–Crippen MR) is 67.1 cm³/mol. The van der Waals surface area contributed by atoms with E-state index in [9.17, 15) is 12.8 Å². The standard InChI is InChI=1S/C9H9Br2FO3S/c1-16(13,14)15-9-3-2-8(12)6(4-10)7(9)5-11/h2-3H,4-5H2,1H3. The molecule has 0 N–H and O–H groups in total. The summed E-state index contributed by atoms with van der Waals surface area (Å²) in [6.07, 6.45) is 0.947. The van der Waals surface area contributed by atoms with Crippen LogP contribution in [-0.4, -0.2) is 14.7 Å². The first-order valence-electron chi connectivity index (χ1n) is 4.20. The second kappa shape index (κ2) is 5.46. The summed E-state index contributed by atoms with van der Waals surface area (Å²) >= 11 is 6.33. The fourth-order valence-electron chi connectivity index (χ4n) is 1.18. The fourth-order valence-corrected chi connectivity index (χ4v) is 2.88. The van der Waals surface area contributed by atoms with Crippen LogP contribution >= 0.6 is 31.9 Å². The van der Waals surface area contributed by atoms with Gasteiger partial charge in [0.05, 0.1) is 6.26 Å². The van der Waals surface area contributed by atoms with Crippen molar-refractivity contribution < 1.29 is 17.0 Å². The van der Waals surface area contributed by atoms with Crippen molar-refractivity contribution in [2.75, 3.05) is 6.26 Å². The van der Waals surface area contributed by atoms with Crippen molar-refractivity contribution in [1.29, 1.82) is 0 Å². The molecule has 0 saturated heterocycles. The number of rotatable bonds is 4. The Morgan fingerprint density at radius 2 is 1.81 bits per heavy atom. The second-order valence-electron chi connectivity index (χ2n) is 3.06. The molecule has 7 heteroatoms. The summed E-state index contributed by atoms with van der Waals surface area (Å²) in [6, 6.07) is 2.49. The number of halogens is 3. The Morgan fingerprint density at radius 3 is 2.25 bits per heavy atom. The van der Waals surface area contributed by atoms with Crippen molar-refractivity contribution in [3.63, 3.8) is 0 Å². The van der Waals surface area contributed by atoms with E-state index in [4.69, 9.17) is 4.18 Å². The summed E-state index contributed by atoms with van der Waals surface area (Å²) in [5.74, 6) is -0.248. The van der Waals surface area contributed by atoms with Gasteiger partial charge in [0.25, 0.3) is 0 Å². The van der Waals surface area contributed by atoms with Gasteiger partial charge in [-0.2, -0.15) is 8.42 Å². The number of hydrogen-bond acceptors (Lipinski definition) is 3. The smallest absolute Gasteiger partial charge is 0.306 e. The Kier molecular flexibility index (Phi) is 4.75. The Balaban J connectivity index is 3.30. The van der Waals surface area contributed by atoms with Crippen LogP contribution in [0.25, 0.3) is 0 Å². The average Bonchev–Trinajstić information content (AvgIpc) is 2.18. The van der Waals surface area contributed by atoms with Gasteiger partial charge in [0, 0.05) is 21.8 Å². The van der Waals surface area contributed by atoms with Crippen LogP contribution < -0.4 is 4.18 Å². The maximum Gasteiger partial charge on any atom is 0.306 e. The molecule has 16 heavy (non-hydrogen) atoms. The zero-order valence-corrected chi connectivity index (χ0v) is 12.3. The van der Waals surface area contributed by atoms with E-state index in [1.165, 1.54) is 12.1 Å². The first-order valence-corrected chi connectivity index (χ1v) is 8.26. The van der Waals surface area contributed by atoms with E-state index in [1.54, 1.807) is 0 Å². The van der Waals surface area contributed by atoms with Crippen LogP contribution in [0.1, 0.15) is 11.1 Å². The zero-order chi connectivity index (χ0) is 12.3. The molecular formula is C9H9Br2FO3S. The van der Waals surface area contributed by atoms with Crippen molar-refractivity contribution in [2.24, 2.45) is 0 Å². The van der Waals surface area contributed by atoms with Gasteiger partial charge in [-0.3, -0.25) is 0 Å². The lowest BCUT2D eigenvalue weighted by atomic mass is 10.1. The number of alkyl halides is 2. The molecule has 0 aliphatic carbocycles. The van der Waals surface area contributed by atoms with Crippen LogP contribution in [0.5, 0.6) is 5.75 Å². The number of hydrogen-bond donors (Lipinski definition) is 0. The van der Waals surface area contributed by atoms with E-state index in [1.807, 2.05) is 0 Å². The Morgan fingerprint density at radius 1 is 1.25 bits per heavy atom. The molecule has 1 aromatic carbocycles. The van der Waals surface area contributed by atoms with Crippen molar-refractivity contribution >= 4 is 42.0 Å². The highest BCUT2D eigenvalue weighted by Gasteiger charge is 2.15. The monoisotopic (exact) mass is 374 g/mol. The van der Waals surface area contributed by atoms with Crippen LogP contribution in [0.2, 0.25) is 0 Å². The highest BCUT2D eigenvalue weighted by molar-refractivity contribution is 9.09. The molecule has 0 aliphatic heterocycles. The highest BCUT2D eigenvalue weighted by Crippen LogP contribution is 2.29. The van der Waals surface area contributed by atoms with E-state index in [-0.39, 0.29) is 5.75 Å². The molecule has 0 aliphatic rings. The van der Waals surface area contributed by atoms with Gasteiger partial charge in [0.15, 0.2) is 0 Å². The van der Waals surface area contributed by atoms with Crippen LogP contribution in [0.4, 0.5) is 4.39 Å². The molecule has 0 saturated carbocycles. The molecule has 0 atom stereocenters. The van der Waals surface area contributed by atoms with Crippen LogP contribution in [0, 0.1) is 5.82 Å². The first kappa shape index (κ1) is 13.9. The molecule has 3 nitrogen and oxygen atoms in total. The van der Waals surface area contributed by atoms with E-state index < -0.39 is 15.9 Å². The van der Waals surface area contributed by atoms with Crippen LogP contribution in [0.3, 0.4) is 0 Å². The molecule has 90 valence electrons. The van der Waals surface area contributed by atoms with Crippen LogP contribution in [0.15, 0.2) is 12.1 Å². The van der Waals surface area contributed by atoms with E-state index in [2.05, 4.69) is 31.9 Å². The van der Waals surface area contributed by atoms with Gasteiger partial charge in [0.1, 0.15) is 11.6 Å². The van der Waals surface area contributed by atoms with Crippen molar-refractivity contribution in [2.45, 2.75) is 10.7 Å². The van der Waals surface area contributed by atoms with E-state index >= 15 is 0 Å². The third-order valence-electron chi connectivity index (χ3n) is 1.84. The molecule has 1 aromatic rings. The summed E-state index contributed by atoms with van der Waals surface area (Å²) in [5.41, 5.74) is 0.875. The lowest BCUT2D eigenvalue weighted by Crippen LogP contribution is -2.08. The third-order valence-corrected chi connectivity index (χ3v) is 3.44. The molecule has 1 rings (SSSR count). The summed E-state index contributed by atoms with van der Waals surface area (Å²) in [6.45, 7) is 0. The molecule has 0 fully saturated rings. The van der Waals surface area contributed by atoms with Crippen molar-refractivity contribution in [1.82, 2.24) is 0 Å². The van der Waals surface area contributed by atoms with E-state index in [0.717, 1.165) is 6.26 Å². The van der Waals surface area contributed by atoms with Gasteiger partial charge in [-0.15, -0.1) is 0 Å². The lowest BCUT2D eigenvalue weighted by molar-refractivity contribution is 0.488. The predicted octanol–water partition coefficient (Wildman–Crippen LogP) is 2.95. The lowest BCUT2D eigenvalue weighted by Gasteiger charge is -2.11. The zero-order valence-electron chi connectivity index (χ0n) is 8.34. The molecule has 0 amide bonds. The SMILES string of the molecule is CS(=O)(=O)Oc1ccc(F)c(CBr)c1CBr. The quantitative estimate of drug-likeness (QED) is 0.600. The normalized spacial score (nSPS) is 11.5. The van der Waals surface area contributed by atoms with Gasteiger partial charge in [-0.05, 0) is 12.1 Å². The average molecular weight is 376 g/mol. The largest absolute Gasteiger partial charge is 0.382 e. The fraction of sp³-hybridized carbons (Fsp3) is 0.333. The maximum atomic E-state index is 13.4.